The highest BCUT2D eigenvalue weighted by molar-refractivity contribution is 5.51. The Morgan fingerprint density at radius 3 is 2.10 bits per heavy atom. The van der Waals surface area contributed by atoms with Crippen LogP contribution in [0.2, 0.25) is 0 Å². The van der Waals surface area contributed by atoms with Gasteiger partial charge in [0.25, 0.3) is 0 Å². The van der Waals surface area contributed by atoms with Gasteiger partial charge in [0.15, 0.2) is 11.5 Å². The third-order valence-corrected chi connectivity index (χ3v) is 3.66. The second-order valence-corrected chi connectivity index (χ2v) is 5.02. The second-order valence-electron chi connectivity index (χ2n) is 5.02. The molecule has 0 aromatic heterocycles. The first kappa shape index (κ1) is 17.6. The summed E-state index contributed by atoms with van der Waals surface area (Å²) in [6.07, 6.45) is 5.77. The van der Waals surface area contributed by atoms with E-state index in [2.05, 4.69) is 12.3 Å². The Morgan fingerprint density at radius 1 is 0.952 bits per heavy atom. The lowest BCUT2D eigenvalue weighted by Crippen LogP contribution is -2.28. The summed E-state index contributed by atoms with van der Waals surface area (Å²) in [7, 11) is 4.88. The van der Waals surface area contributed by atoms with E-state index in [4.69, 9.17) is 20.1 Å². The number of rotatable bonds is 10. The van der Waals surface area contributed by atoms with Crippen LogP contribution in [0.5, 0.6) is 17.2 Å². The summed E-state index contributed by atoms with van der Waals surface area (Å²) in [6, 6.07) is 3.81. The average Bonchev–Trinajstić information content (AvgIpc) is 2.53. The number of methoxy groups -OCH3 is 3. The molecule has 5 heteroatoms. The Kier molecular flexibility index (Phi) is 7.93. The molecule has 0 fully saturated rings. The molecule has 5 nitrogen and oxygen atoms in total. The van der Waals surface area contributed by atoms with Crippen LogP contribution < -0.4 is 25.5 Å². The molecule has 1 atom stereocenters. The van der Waals surface area contributed by atoms with E-state index >= 15 is 0 Å². The largest absolute Gasteiger partial charge is 0.496 e. The van der Waals surface area contributed by atoms with E-state index in [1.165, 1.54) is 19.3 Å². The second kappa shape index (κ2) is 9.47. The molecular formula is C16H28N2O3. The highest BCUT2D eigenvalue weighted by Crippen LogP contribution is 2.38. The van der Waals surface area contributed by atoms with Crippen molar-refractivity contribution in [3.63, 3.8) is 0 Å². The first-order valence-corrected chi connectivity index (χ1v) is 7.47. The number of hydrogen-bond acceptors (Lipinski definition) is 5. The molecule has 1 unspecified atom stereocenters. The van der Waals surface area contributed by atoms with Gasteiger partial charge in [-0.25, -0.2) is 0 Å². The van der Waals surface area contributed by atoms with E-state index in [1.54, 1.807) is 21.3 Å². The molecule has 0 saturated heterocycles. The zero-order valence-corrected chi connectivity index (χ0v) is 13.6. The van der Waals surface area contributed by atoms with E-state index in [0.29, 0.717) is 11.5 Å². The SMILES string of the molecule is CCCCCCC(NN)c1cc(OC)c(OC)cc1OC. The molecule has 3 N–H and O–H groups in total. The molecular weight excluding hydrogens is 268 g/mol. The molecule has 1 aromatic carbocycles. The van der Waals surface area contributed by atoms with Gasteiger partial charge in [-0.3, -0.25) is 11.3 Å². The van der Waals surface area contributed by atoms with Gasteiger partial charge in [0.2, 0.25) is 0 Å². The molecule has 0 heterocycles. The Balaban J connectivity index is 2.95. The lowest BCUT2D eigenvalue weighted by atomic mass is 9.99. The smallest absolute Gasteiger partial charge is 0.164 e. The van der Waals surface area contributed by atoms with Crippen molar-refractivity contribution in [2.45, 2.75) is 45.1 Å². The van der Waals surface area contributed by atoms with Crippen LogP contribution in [0, 0.1) is 0 Å². The van der Waals surface area contributed by atoms with Crippen molar-refractivity contribution in [1.29, 1.82) is 0 Å². The lowest BCUT2D eigenvalue weighted by Gasteiger charge is -2.21. The highest BCUT2D eigenvalue weighted by Gasteiger charge is 2.18. The third kappa shape index (κ3) is 4.79. The number of nitrogens with one attached hydrogen (secondary N) is 1. The van der Waals surface area contributed by atoms with Gasteiger partial charge in [0.05, 0.1) is 21.3 Å². The topological polar surface area (TPSA) is 65.7 Å². The Hall–Kier alpha value is -1.46. The van der Waals surface area contributed by atoms with Crippen LogP contribution in [0.15, 0.2) is 12.1 Å². The minimum Gasteiger partial charge on any atom is -0.496 e. The normalized spacial score (nSPS) is 12.0. The summed E-state index contributed by atoms with van der Waals surface area (Å²) in [5.74, 6) is 7.82. The molecule has 0 spiro atoms. The fourth-order valence-electron chi connectivity index (χ4n) is 2.43. The Bertz CT molecular complexity index is 424. The van der Waals surface area contributed by atoms with Crippen molar-refractivity contribution in [3.05, 3.63) is 17.7 Å². The van der Waals surface area contributed by atoms with E-state index < -0.39 is 0 Å². The molecule has 0 aliphatic heterocycles. The van der Waals surface area contributed by atoms with Gasteiger partial charge in [-0.05, 0) is 12.5 Å². The van der Waals surface area contributed by atoms with E-state index in [1.807, 2.05) is 12.1 Å². The average molecular weight is 296 g/mol. The maximum absolute atomic E-state index is 5.73. The van der Waals surface area contributed by atoms with E-state index in [9.17, 15) is 0 Å². The van der Waals surface area contributed by atoms with Crippen LogP contribution in [0.25, 0.3) is 0 Å². The molecule has 0 saturated carbocycles. The lowest BCUT2D eigenvalue weighted by molar-refractivity contribution is 0.343. The Labute approximate surface area is 127 Å². The van der Waals surface area contributed by atoms with Crippen LogP contribution >= 0.6 is 0 Å². The summed E-state index contributed by atoms with van der Waals surface area (Å²) < 4.78 is 16.1. The van der Waals surface area contributed by atoms with Crippen LogP contribution in [0.1, 0.15) is 50.6 Å². The molecule has 0 aliphatic rings. The first-order valence-electron chi connectivity index (χ1n) is 7.47. The molecule has 0 bridgehead atoms. The van der Waals surface area contributed by atoms with Crippen molar-refractivity contribution in [3.8, 4) is 17.2 Å². The van der Waals surface area contributed by atoms with Crippen LogP contribution in [0.3, 0.4) is 0 Å². The van der Waals surface area contributed by atoms with Gasteiger partial charge in [-0.2, -0.15) is 0 Å². The highest BCUT2D eigenvalue weighted by atomic mass is 16.5. The summed E-state index contributed by atoms with van der Waals surface area (Å²) in [5.41, 5.74) is 3.88. The number of hydrogen-bond donors (Lipinski definition) is 2. The maximum Gasteiger partial charge on any atom is 0.164 e. The van der Waals surface area contributed by atoms with E-state index in [-0.39, 0.29) is 6.04 Å². The predicted octanol–water partition coefficient (Wildman–Crippen LogP) is 3.19. The zero-order chi connectivity index (χ0) is 15.7. The summed E-state index contributed by atoms with van der Waals surface area (Å²) in [5, 5.41) is 0. The fourth-order valence-corrected chi connectivity index (χ4v) is 2.43. The molecule has 120 valence electrons. The minimum atomic E-state index is 0.0385. The summed E-state index contributed by atoms with van der Waals surface area (Å²) in [6.45, 7) is 2.20. The van der Waals surface area contributed by atoms with Crippen LogP contribution in [-0.2, 0) is 0 Å². The van der Waals surface area contributed by atoms with Crippen LogP contribution in [-0.4, -0.2) is 21.3 Å². The standard InChI is InChI=1S/C16H28N2O3/c1-5-6-7-8-9-13(18-17)12-10-15(20-3)16(21-4)11-14(12)19-2/h10-11,13,18H,5-9,17H2,1-4H3. The van der Waals surface area contributed by atoms with Crippen LogP contribution in [0.4, 0.5) is 0 Å². The molecule has 1 rings (SSSR count). The summed E-state index contributed by atoms with van der Waals surface area (Å²) in [4.78, 5) is 0. The van der Waals surface area contributed by atoms with Gasteiger partial charge < -0.3 is 14.2 Å². The fraction of sp³-hybridized carbons (Fsp3) is 0.625. The zero-order valence-electron chi connectivity index (χ0n) is 13.6. The third-order valence-electron chi connectivity index (χ3n) is 3.66. The summed E-state index contributed by atoms with van der Waals surface area (Å²) >= 11 is 0. The number of hydrazine groups is 1. The maximum atomic E-state index is 5.73. The van der Waals surface area contributed by atoms with Gasteiger partial charge >= 0.3 is 0 Å². The number of nitrogens with two attached hydrogens (primary N) is 1. The quantitative estimate of drug-likeness (QED) is 0.394. The van der Waals surface area contributed by atoms with E-state index in [0.717, 1.165) is 24.2 Å². The molecule has 21 heavy (non-hydrogen) atoms. The molecule has 0 radical (unpaired) electrons. The molecule has 0 amide bonds. The molecule has 0 aliphatic carbocycles. The van der Waals surface area contributed by atoms with Gasteiger partial charge in [-0.1, -0.05) is 32.6 Å². The van der Waals surface area contributed by atoms with Crippen molar-refractivity contribution >= 4 is 0 Å². The van der Waals surface area contributed by atoms with Gasteiger partial charge in [-0.15, -0.1) is 0 Å². The van der Waals surface area contributed by atoms with Crippen molar-refractivity contribution in [1.82, 2.24) is 5.43 Å². The Morgan fingerprint density at radius 2 is 1.57 bits per heavy atom. The van der Waals surface area contributed by atoms with Gasteiger partial charge in [0, 0.05) is 17.7 Å². The number of benzene rings is 1. The molecule has 1 aromatic rings. The van der Waals surface area contributed by atoms with Crippen molar-refractivity contribution in [2.24, 2.45) is 5.84 Å². The monoisotopic (exact) mass is 296 g/mol. The number of ether oxygens (including phenoxy) is 3. The predicted molar refractivity (Wildman–Crippen MR) is 84.9 cm³/mol. The van der Waals surface area contributed by atoms with Crippen molar-refractivity contribution < 1.29 is 14.2 Å². The van der Waals surface area contributed by atoms with Gasteiger partial charge in [0.1, 0.15) is 5.75 Å². The number of unbranched alkanes of at least 4 members (excludes halogenated alkanes) is 3. The minimum absolute atomic E-state index is 0.0385. The van der Waals surface area contributed by atoms with Crippen molar-refractivity contribution in [2.75, 3.05) is 21.3 Å². The first-order chi connectivity index (χ1) is 10.2.